The molecule has 0 radical (unpaired) electrons. The minimum absolute atomic E-state index is 0. The molecule has 3 aromatic rings. The van der Waals surface area contributed by atoms with E-state index in [-0.39, 0.29) is 40.0 Å². The van der Waals surface area contributed by atoms with Crippen LogP contribution in [0.25, 0.3) is 22.3 Å². The average Bonchev–Trinajstić information content (AvgIpc) is 2.49. The largest absolute Gasteiger partial charge is 2.00 e. The van der Waals surface area contributed by atoms with E-state index in [1.54, 1.807) is 0 Å². The fraction of sp³-hybridized carbons (Fsp3) is 0. The first-order chi connectivity index (χ1) is 8.93. The molecule has 0 aromatic heterocycles. The van der Waals surface area contributed by atoms with Crippen LogP contribution < -0.4 is 17.0 Å². The van der Waals surface area contributed by atoms with Crippen LogP contribution in [-0.2, 0) is 0 Å². The van der Waals surface area contributed by atoms with Gasteiger partial charge in [0.1, 0.15) is 0 Å². The van der Waals surface area contributed by atoms with Gasteiger partial charge in [0, 0.05) is 0 Å². The van der Waals surface area contributed by atoms with Gasteiger partial charge < -0.3 is 17.0 Å². The van der Waals surface area contributed by atoms with Crippen LogP contribution in [-0.4, -0.2) is 23.1 Å². The molecular weight excluding hydrogens is 320 g/mol. The Labute approximate surface area is 146 Å². The van der Waals surface area contributed by atoms with Crippen molar-refractivity contribution in [2.24, 2.45) is 0 Å². The van der Waals surface area contributed by atoms with Crippen molar-refractivity contribution in [3.63, 3.8) is 0 Å². The first-order valence-corrected chi connectivity index (χ1v) is 6.05. The molecule has 0 bridgehead atoms. The zero-order valence-corrected chi connectivity index (χ0v) is 14.1. The molecule has 0 heterocycles. The topological polar surface area (TPSA) is 0 Å². The van der Waals surface area contributed by atoms with Gasteiger partial charge in [-0.3, -0.25) is 0 Å². The molecule has 0 fully saturated rings. The summed E-state index contributed by atoms with van der Waals surface area (Å²) in [5.41, 5.74) is 4.87. The van der Waals surface area contributed by atoms with Gasteiger partial charge in [0.25, 0.3) is 0 Å². The Kier molecular flexibility index (Phi) is 7.00. The van der Waals surface area contributed by atoms with Crippen LogP contribution in [0.5, 0.6) is 0 Å². The van der Waals surface area contributed by atoms with Gasteiger partial charge >= 0.3 is 23.1 Å². The van der Waals surface area contributed by atoms with E-state index >= 15 is 0 Å². The monoisotopic (exact) mass is 332 g/mol. The third-order valence-electron chi connectivity index (χ3n) is 3.00. The molecule has 3 rings (SSSR count). The van der Waals surface area contributed by atoms with Crippen LogP contribution in [0.2, 0.25) is 0 Å². The second-order valence-corrected chi connectivity index (χ2v) is 4.24. The summed E-state index contributed by atoms with van der Waals surface area (Å²) >= 11 is 0. The maximum atomic E-state index is 3.23. The smallest absolute Gasteiger partial charge is 1.00 e. The van der Waals surface area contributed by atoms with Crippen LogP contribution >= 0.6 is 0 Å². The molecule has 94 valence electrons. The molecule has 0 amide bonds. The second-order valence-electron chi connectivity index (χ2n) is 4.24. The van der Waals surface area contributed by atoms with Crippen LogP contribution in [0.4, 0.5) is 0 Å². The minimum Gasteiger partial charge on any atom is -1.00 e. The molecular formula is C18H13BrMg. The summed E-state index contributed by atoms with van der Waals surface area (Å²) in [5, 5.41) is 0. The third kappa shape index (κ3) is 3.95. The maximum absolute atomic E-state index is 3.23. The van der Waals surface area contributed by atoms with Crippen molar-refractivity contribution in [1.29, 1.82) is 0 Å². The maximum Gasteiger partial charge on any atom is 2.00 e. The number of benzene rings is 3. The van der Waals surface area contributed by atoms with Gasteiger partial charge in [-0.2, -0.15) is 24.3 Å². The minimum atomic E-state index is 0. The first-order valence-electron chi connectivity index (χ1n) is 6.05. The van der Waals surface area contributed by atoms with Gasteiger partial charge in [-0.05, 0) is 0 Å². The zero-order chi connectivity index (χ0) is 12.2. The van der Waals surface area contributed by atoms with E-state index in [9.17, 15) is 0 Å². The normalized spacial score (nSPS) is 9.20. The van der Waals surface area contributed by atoms with E-state index in [0.29, 0.717) is 0 Å². The Balaban J connectivity index is 0.000001000. The molecule has 0 aliphatic heterocycles. The van der Waals surface area contributed by atoms with E-state index in [4.69, 9.17) is 0 Å². The van der Waals surface area contributed by atoms with Gasteiger partial charge in [0.05, 0.1) is 0 Å². The van der Waals surface area contributed by atoms with E-state index in [2.05, 4.69) is 60.7 Å². The summed E-state index contributed by atoms with van der Waals surface area (Å²) < 4.78 is 0. The molecule has 2 heteroatoms. The van der Waals surface area contributed by atoms with E-state index in [1.165, 1.54) is 22.3 Å². The van der Waals surface area contributed by atoms with Crippen molar-refractivity contribution >= 4 is 23.1 Å². The number of hydrogen-bond donors (Lipinski definition) is 0. The molecule has 0 aliphatic rings. The molecule has 0 atom stereocenters. The third-order valence-corrected chi connectivity index (χ3v) is 3.00. The van der Waals surface area contributed by atoms with Crippen LogP contribution in [0, 0.1) is 6.07 Å². The molecule has 0 aliphatic carbocycles. The molecule has 0 N–H and O–H groups in total. The van der Waals surface area contributed by atoms with Gasteiger partial charge in [0.2, 0.25) is 0 Å². The van der Waals surface area contributed by atoms with Crippen molar-refractivity contribution in [3.8, 4) is 22.3 Å². The van der Waals surface area contributed by atoms with Crippen molar-refractivity contribution in [2.75, 3.05) is 0 Å². The zero-order valence-electron chi connectivity index (χ0n) is 11.1. The van der Waals surface area contributed by atoms with Gasteiger partial charge in [-0.15, -0.1) is 11.1 Å². The number of halogens is 1. The SMILES string of the molecule is [Br-].[Mg+2].[c-]1cc(-c2ccccc2)cc(-c2ccccc2)c1. The Morgan fingerprint density at radius 3 is 1.35 bits per heavy atom. The average molecular weight is 334 g/mol. The predicted molar refractivity (Wildman–Crippen MR) is 81.9 cm³/mol. The van der Waals surface area contributed by atoms with Gasteiger partial charge in [-0.1, -0.05) is 71.8 Å². The van der Waals surface area contributed by atoms with E-state index in [0.717, 1.165) is 0 Å². The molecule has 0 saturated carbocycles. The number of rotatable bonds is 2. The predicted octanol–water partition coefficient (Wildman–Crippen LogP) is 1.44. The summed E-state index contributed by atoms with van der Waals surface area (Å²) in [6, 6.07) is 30.3. The van der Waals surface area contributed by atoms with Crippen LogP contribution in [0.3, 0.4) is 0 Å². The fourth-order valence-corrected chi connectivity index (χ4v) is 2.07. The van der Waals surface area contributed by atoms with Crippen molar-refractivity contribution in [2.45, 2.75) is 0 Å². The standard InChI is InChI=1S/C18H13.BrH.Mg/c1-3-8-15(9-4-1)17-12-7-13-18(14-17)16-10-5-2-6-11-16;;/h1-6,8-14H;1H;/q-1;;+2/p-1. The second kappa shape index (κ2) is 8.25. The van der Waals surface area contributed by atoms with E-state index in [1.807, 2.05) is 24.3 Å². The van der Waals surface area contributed by atoms with Crippen LogP contribution in [0.1, 0.15) is 0 Å². The molecule has 0 unspecified atom stereocenters. The van der Waals surface area contributed by atoms with Crippen molar-refractivity contribution in [1.82, 2.24) is 0 Å². The number of hydrogen-bond acceptors (Lipinski definition) is 0. The van der Waals surface area contributed by atoms with Gasteiger partial charge in [0.15, 0.2) is 0 Å². The molecule has 0 nitrogen and oxygen atoms in total. The first kappa shape index (κ1) is 17.0. The molecule has 0 spiro atoms. The fourth-order valence-electron chi connectivity index (χ4n) is 2.07. The Bertz CT molecular complexity index is 581. The Morgan fingerprint density at radius 1 is 0.550 bits per heavy atom. The summed E-state index contributed by atoms with van der Waals surface area (Å²) in [6.45, 7) is 0. The summed E-state index contributed by atoms with van der Waals surface area (Å²) in [7, 11) is 0. The Hall–Kier alpha value is -1.09. The van der Waals surface area contributed by atoms with E-state index < -0.39 is 0 Å². The van der Waals surface area contributed by atoms with Crippen molar-refractivity contribution < 1.29 is 17.0 Å². The quantitative estimate of drug-likeness (QED) is 0.492. The summed E-state index contributed by atoms with van der Waals surface area (Å²) in [4.78, 5) is 0. The van der Waals surface area contributed by atoms with Crippen LogP contribution in [0.15, 0.2) is 78.9 Å². The summed E-state index contributed by atoms with van der Waals surface area (Å²) in [6.07, 6.45) is 0. The van der Waals surface area contributed by atoms with Crippen molar-refractivity contribution in [3.05, 3.63) is 84.9 Å². The molecule has 0 saturated heterocycles. The molecule has 3 aromatic carbocycles. The molecule has 20 heavy (non-hydrogen) atoms. The summed E-state index contributed by atoms with van der Waals surface area (Å²) in [5.74, 6) is 0. The Morgan fingerprint density at radius 2 is 0.950 bits per heavy atom. The van der Waals surface area contributed by atoms with Gasteiger partial charge in [-0.25, -0.2) is 0 Å².